The highest BCUT2D eigenvalue weighted by atomic mass is 15.0. The Balaban J connectivity index is 0.882. The highest BCUT2D eigenvalue weighted by molar-refractivity contribution is 5.95. The Morgan fingerprint density at radius 2 is 0.914 bits per heavy atom. The predicted molar refractivity (Wildman–Crippen MR) is 232 cm³/mol. The molecule has 0 saturated heterocycles. The summed E-state index contributed by atoms with van der Waals surface area (Å²) in [6.07, 6.45) is 7.00. The quantitative estimate of drug-likeness (QED) is 0.176. The van der Waals surface area contributed by atoms with Gasteiger partial charge in [0, 0.05) is 22.1 Å². The van der Waals surface area contributed by atoms with Crippen molar-refractivity contribution < 1.29 is 0 Å². The third-order valence-corrected chi connectivity index (χ3v) is 14.1. The van der Waals surface area contributed by atoms with Crippen molar-refractivity contribution in [2.45, 2.75) is 37.5 Å². The molecule has 8 aromatic rings. The molecule has 0 unspecified atom stereocenters. The molecule has 0 aliphatic heterocycles. The fraction of sp³-hybridized carbons (Fsp3) is 0.185. The Morgan fingerprint density at radius 3 is 1.55 bits per heavy atom. The zero-order valence-electron chi connectivity index (χ0n) is 32.1. The second kappa shape index (κ2) is 12.9. The van der Waals surface area contributed by atoms with Gasteiger partial charge in [-0.3, -0.25) is 0 Å². The van der Waals surface area contributed by atoms with E-state index in [1.807, 2.05) is 48.5 Å². The fourth-order valence-corrected chi connectivity index (χ4v) is 11.8. The van der Waals surface area contributed by atoms with Crippen molar-refractivity contribution in [1.29, 1.82) is 5.26 Å². The van der Waals surface area contributed by atoms with Crippen LogP contribution in [-0.2, 0) is 5.41 Å². The maximum absolute atomic E-state index is 9.54. The fourth-order valence-electron chi connectivity index (χ4n) is 11.8. The van der Waals surface area contributed by atoms with Crippen LogP contribution in [0.25, 0.3) is 78.3 Å². The van der Waals surface area contributed by atoms with Crippen LogP contribution in [0.5, 0.6) is 0 Å². The summed E-state index contributed by atoms with van der Waals surface area (Å²) in [5.41, 5.74) is 14.3. The molecule has 0 radical (unpaired) electrons. The van der Waals surface area contributed by atoms with Gasteiger partial charge in [0.1, 0.15) is 0 Å². The molecule has 13 rings (SSSR count). The summed E-state index contributed by atoms with van der Waals surface area (Å²) in [6, 6.07) is 58.7. The largest absolute Gasteiger partial charge is 0.208 e. The van der Waals surface area contributed by atoms with Gasteiger partial charge in [-0.1, -0.05) is 127 Å². The molecule has 1 spiro atoms. The number of nitrogens with zero attached hydrogens (tertiary/aromatic N) is 4. The van der Waals surface area contributed by atoms with Crippen molar-refractivity contribution in [3.05, 3.63) is 174 Å². The van der Waals surface area contributed by atoms with E-state index in [-0.39, 0.29) is 5.41 Å². The molecule has 4 fully saturated rings. The lowest BCUT2D eigenvalue weighted by atomic mass is 9.43. The zero-order chi connectivity index (χ0) is 38.4. The molecular formula is C54H40N4. The molecule has 0 N–H and O–H groups in total. The third kappa shape index (κ3) is 5.16. The van der Waals surface area contributed by atoms with E-state index in [0.717, 1.165) is 45.9 Å². The maximum atomic E-state index is 9.54. The molecule has 58 heavy (non-hydrogen) atoms. The highest BCUT2D eigenvalue weighted by Gasteiger charge is 2.61. The minimum absolute atomic E-state index is 0.127. The normalized spacial score (nSPS) is 22.2. The summed E-state index contributed by atoms with van der Waals surface area (Å²) in [6.45, 7) is 0. The first-order valence-corrected chi connectivity index (χ1v) is 20.8. The molecule has 1 aromatic heterocycles. The van der Waals surface area contributed by atoms with E-state index in [4.69, 9.17) is 15.0 Å². The average molecular weight is 745 g/mol. The van der Waals surface area contributed by atoms with Gasteiger partial charge in [0.15, 0.2) is 17.5 Å². The molecule has 4 bridgehead atoms. The molecule has 4 saturated carbocycles. The molecule has 0 amide bonds. The minimum atomic E-state index is 0.127. The van der Waals surface area contributed by atoms with Gasteiger partial charge in [-0.05, 0) is 141 Å². The second-order valence-corrected chi connectivity index (χ2v) is 17.2. The summed E-state index contributed by atoms with van der Waals surface area (Å²) >= 11 is 0. The average Bonchev–Trinajstić information content (AvgIpc) is 3.56. The number of rotatable bonds is 5. The molecule has 4 heteroatoms. The van der Waals surface area contributed by atoms with Crippen LogP contribution in [0, 0.1) is 35.0 Å². The van der Waals surface area contributed by atoms with E-state index in [0.29, 0.717) is 23.0 Å². The maximum Gasteiger partial charge on any atom is 0.164 e. The van der Waals surface area contributed by atoms with Crippen molar-refractivity contribution in [3.63, 3.8) is 0 Å². The number of fused-ring (bicyclic) bond motifs is 4. The monoisotopic (exact) mass is 744 g/mol. The van der Waals surface area contributed by atoms with Crippen molar-refractivity contribution in [3.8, 4) is 73.6 Å². The molecule has 276 valence electrons. The van der Waals surface area contributed by atoms with Gasteiger partial charge in [-0.15, -0.1) is 0 Å². The van der Waals surface area contributed by atoms with Crippen LogP contribution in [-0.4, -0.2) is 15.0 Å². The van der Waals surface area contributed by atoms with Crippen molar-refractivity contribution in [2.75, 3.05) is 0 Å². The Kier molecular flexibility index (Phi) is 7.45. The Morgan fingerprint density at radius 1 is 0.414 bits per heavy atom. The van der Waals surface area contributed by atoms with E-state index >= 15 is 0 Å². The lowest BCUT2D eigenvalue weighted by Gasteiger charge is -2.61. The SMILES string of the molecule is N#Cc1cccc(-c2nc(-c3ccccc3)nc(-c3ccc(-c4ccc(-c5ccc6c(c5)C5(c7cc8ccccc8cc7-6)C6CC7CC(C6)CC5C7)cc4)cc3)n2)c1. The highest BCUT2D eigenvalue weighted by Crippen LogP contribution is 2.69. The first-order valence-electron chi connectivity index (χ1n) is 20.8. The van der Waals surface area contributed by atoms with Crippen LogP contribution in [0.15, 0.2) is 158 Å². The Hall–Kier alpha value is -6.70. The van der Waals surface area contributed by atoms with Crippen LogP contribution in [0.3, 0.4) is 0 Å². The van der Waals surface area contributed by atoms with E-state index in [2.05, 4.69) is 109 Å². The number of nitriles is 1. The molecule has 1 heterocycles. The smallest absolute Gasteiger partial charge is 0.164 e. The van der Waals surface area contributed by atoms with Crippen molar-refractivity contribution >= 4 is 10.8 Å². The summed E-state index contributed by atoms with van der Waals surface area (Å²) in [4.78, 5) is 14.6. The summed E-state index contributed by atoms with van der Waals surface area (Å²) in [5, 5.41) is 12.3. The van der Waals surface area contributed by atoms with Crippen LogP contribution in [0.2, 0.25) is 0 Å². The minimum Gasteiger partial charge on any atom is -0.208 e. The first kappa shape index (κ1) is 33.4. The van der Waals surface area contributed by atoms with E-state index in [9.17, 15) is 5.26 Å². The van der Waals surface area contributed by atoms with Gasteiger partial charge in [0.2, 0.25) is 0 Å². The number of aromatic nitrogens is 3. The molecule has 5 aliphatic carbocycles. The van der Waals surface area contributed by atoms with Crippen LogP contribution in [0.4, 0.5) is 0 Å². The van der Waals surface area contributed by atoms with Gasteiger partial charge in [0.25, 0.3) is 0 Å². The molecule has 5 aliphatic rings. The summed E-state index contributed by atoms with van der Waals surface area (Å²) < 4.78 is 0. The predicted octanol–water partition coefficient (Wildman–Crippen LogP) is 13.0. The third-order valence-electron chi connectivity index (χ3n) is 14.1. The first-order chi connectivity index (χ1) is 28.6. The van der Waals surface area contributed by atoms with Gasteiger partial charge >= 0.3 is 0 Å². The van der Waals surface area contributed by atoms with Gasteiger partial charge in [-0.25, -0.2) is 15.0 Å². The second-order valence-electron chi connectivity index (χ2n) is 17.2. The molecule has 7 aromatic carbocycles. The van der Waals surface area contributed by atoms with Gasteiger partial charge in [0.05, 0.1) is 11.6 Å². The Labute approximate surface area is 338 Å². The molecule has 4 nitrogen and oxygen atoms in total. The summed E-state index contributed by atoms with van der Waals surface area (Å²) in [7, 11) is 0. The van der Waals surface area contributed by atoms with E-state index in [1.54, 1.807) is 17.2 Å². The summed E-state index contributed by atoms with van der Waals surface area (Å²) in [5.74, 6) is 5.03. The number of benzene rings is 7. The standard InChI is InChI=1S/C54H40N4/c55-32-33-7-6-12-44(24-33)53-57-51(39-8-2-1-3-9-39)56-52(58-53)40-19-17-37(18-20-40)36-13-15-38(16-14-36)43-21-22-47-48-29-41-10-4-5-11-42(41)30-50(48)54(49(47)31-43)45-25-34-23-35(27-45)28-46(54)26-34/h1-22,24,29-31,34-35,45-46H,23,25-28H2. The lowest BCUT2D eigenvalue weighted by Crippen LogP contribution is -2.55. The Bertz CT molecular complexity index is 2930. The molecular weight excluding hydrogens is 705 g/mol. The zero-order valence-corrected chi connectivity index (χ0v) is 32.1. The topological polar surface area (TPSA) is 62.5 Å². The van der Waals surface area contributed by atoms with E-state index in [1.165, 1.54) is 70.7 Å². The van der Waals surface area contributed by atoms with Gasteiger partial charge < -0.3 is 0 Å². The van der Waals surface area contributed by atoms with E-state index < -0.39 is 0 Å². The van der Waals surface area contributed by atoms with Crippen molar-refractivity contribution in [1.82, 2.24) is 15.0 Å². The van der Waals surface area contributed by atoms with Crippen LogP contribution < -0.4 is 0 Å². The number of hydrogen-bond donors (Lipinski definition) is 0. The van der Waals surface area contributed by atoms with Crippen LogP contribution in [0.1, 0.15) is 48.8 Å². The number of hydrogen-bond acceptors (Lipinski definition) is 4. The lowest BCUT2D eigenvalue weighted by molar-refractivity contribution is -0.0398. The van der Waals surface area contributed by atoms with Gasteiger partial charge in [-0.2, -0.15) is 5.26 Å². The molecule has 0 atom stereocenters. The van der Waals surface area contributed by atoms with Crippen molar-refractivity contribution in [2.24, 2.45) is 23.7 Å². The van der Waals surface area contributed by atoms with Crippen LogP contribution >= 0.6 is 0 Å².